The van der Waals surface area contributed by atoms with Gasteiger partial charge in [-0.2, -0.15) is 0 Å². The molecule has 1 aliphatic rings. The number of fused-ring (bicyclic) bond motifs is 1. The molecule has 4 rings (SSSR count). The lowest BCUT2D eigenvalue weighted by atomic mass is 9.69. The van der Waals surface area contributed by atoms with Crippen molar-refractivity contribution in [3.05, 3.63) is 70.1 Å². The highest BCUT2D eigenvalue weighted by Gasteiger charge is 2.37. The smallest absolute Gasteiger partial charge is 0.336 e. The second kappa shape index (κ2) is 11.2. The van der Waals surface area contributed by atoms with E-state index >= 15 is 0 Å². The van der Waals surface area contributed by atoms with E-state index in [1.165, 1.54) is 9.13 Å². The molecule has 0 aliphatic heterocycles. The van der Waals surface area contributed by atoms with Crippen LogP contribution >= 0.6 is 0 Å². The number of nitrogens with one attached hydrogen (secondary N) is 1. The Morgan fingerprint density at radius 3 is 2.53 bits per heavy atom. The molecule has 1 fully saturated rings. The Morgan fingerprint density at radius 1 is 1.08 bits per heavy atom. The van der Waals surface area contributed by atoms with E-state index < -0.39 is 0 Å². The minimum atomic E-state index is -0.372. The van der Waals surface area contributed by atoms with Crippen molar-refractivity contribution in [3.63, 3.8) is 0 Å². The fourth-order valence-electron chi connectivity index (χ4n) is 5.67. The summed E-state index contributed by atoms with van der Waals surface area (Å²) in [4.78, 5) is 40.2. The summed E-state index contributed by atoms with van der Waals surface area (Å²) in [6.45, 7) is 7.54. The molecule has 1 aliphatic carbocycles. The Morgan fingerprint density at radius 2 is 1.83 bits per heavy atom. The summed E-state index contributed by atoms with van der Waals surface area (Å²) >= 11 is 0. The standard InChI is InChI=1S/C29H38N4O3/c1-19(2)23-11-9-20(3)17-24(23)28(35)33-25-12-10-22(18-26(25)32(16-14-30)29(33)36)27(34)31-15-13-21-7-5-4-6-8-21/h4-8,10,12,18-20,23-24H,9,11,13-17,30H2,1-3H3,(H,31,34)/t20-,23+,24-/m1/s1. The van der Waals surface area contributed by atoms with Crippen molar-refractivity contribution in [3.8, 4) is 0 Å². The fourth-order valence-corrected chi connectivity index (χ4v) is 5.67. The average molecular weight is 491 g/mol. The lowest BCUT2D eigenvalue weighted by Gasteiger charge is -2.36. The zero-order valence-electron chi connectivity index (χ0n) is 21.6. The van der Waals surface area contributed by atoms with E-state index in [-0.39, 0.29) is 42.4 Å². The van der Waals surface area contributed by atoms with E-state index in [4.69, 9.17) is 5.73 Å². The Hall–Kier alpha value is -3.19. The second-order valence-electron chi connectivity index (χ2n) is 10.5. The molecule has 7 heteroatoms. The van der Waals surface area contributed by atoms with Crippen molar-refractivity contribution in [2.45, 2.75) is 53.0 Å². The molecule has 0 spiro atoms. The van der Waals surface area contributed by atoms with Crippen molar-refractivity contribution >= 4 is 22.8 Å². The molecule has 0 unspecified atom stereocenters. The normalized spacial score (nSPS) is 20.1. The number of hydrogen-bond donors (Lipinski definition) is 2. The van der Waals surface area contributed by atoms with Crippen LogP contribution in [0.1, 0.15) is 60.7 Å². The van der Waals surface area contributed by atoms with Crippen LogP contribution < -0.4 is 16.7 Å². The molecule has 2 aromatic carbocycles. The van der Waals surface area contributed by atoms with Gasteiger partial charge in [-0.05, 0) is 60.8 Å². The maximum atomic E-state index is 13.8. The van der Waals surface area contributed by atoms with Crippen molar-refractivity contribution in [1.29, 1.82) is 0 Å². The van der Waals surface area contributed by atoms with E-state index in [2.05, 4.69) is 26.1 Å². The summed E-state index contributed by atoms with van der Waals surface area (Å²) < 4.78 is 2.87. The molecule has 36 heavy (non-hydrogen) atoms. The van der Waals surface area contributed by atoms with Gasteiger partial charge in [0, 0.05) is 31.1 Å². The predicted molar refractivity (Wildman–Crippen MR) is 143 cm³/mol. The molecular weight excluding hydrogens is 452 g/mol. The van der Waals surface area contributed by atoms with Crippen LogP contribution in [-0.4, -0.2) is 34.0 Å². The van der Waals surface area contributed by atoms with Gasteiger partial charge in [-0.1, -0.05) is 57.5 Å². The second-order valence-corrected chi connectivity index (χ2v) is 10.5. The van der Waals surface area contributed by atoms with Crippen molar-refractivity contribution in [1.82, 2.24) is 14.5 Å². The van der Waals surface area contributed by atoms with E-state index in [9.17, 15) is 14.4 Å². The van der Waals surface area contributed by atoms with E-state index in [0.29, 0.717) is 35.0 Å². The van der Waals surface area contributed by atoms with Crippen LogP contribution in [0.2, 0.25) is 0 Å². The zero-order valence-corrected chi connectivity index (χ0v) is 21.6. The van der Waals surface area contributed by atoms with E-state index in [0.717, 1.165) is 31.2 Å². The Labute approximate surface area is 212 Å². The molecule has 1 saturated carbocycles. The van der Waals surface area contributed by atoms with E-state index in [1.807, 2.05) is 30.3 Å². The number of imidazole rings is 1. The van der Waals surface area contributed by atoms with Crippen LogP contribution in [0.25, 0.3) is 11.0 Å². The Bertz CT molecular complexity index is 1270. The summed E-state index contributed by atoms with van der Waals surface area (Å²) in [6.07, 6.45) is 3.63. The Balaban J connectivity index is 1.64. The van der Waals surface area contributed by atoms with Gasteiger partial charge in [-0.3, -0.25) is 14.2 Å². The van der Waals surface area contributed by atoms with Crippen molar-refractivity contribution in [2.24, 2.45) is 29.4 Å². The summed E-state index contributed by atoms with van der Waals surface area (Å²) in [5, 5.41) is 2.96. The van der Waals surface area contributed by atoms with Gasteiger partial charge in [0.15, 0.2) is 0 Å². The highest BCUT2D eigenvalue weighted by atomic mass is 16.2. The summed E-state index contributed by atoms with van der Waals surface area (Å²) in [6, 6.07) is 15.1. The number of amides is 1. The van der Waals surface area contributed by atoms with Crippen LogP contribution in [0.15, 0.2) is 53.3 Å². The quantitative estimate of drug-likeness (QED) is 0.497. The number of nitrogens with zero attached hydrogens (tertiary/aromatic N) is 2. The number of carbonyl (C=O) groups excluding carboxylic acids is 2. The number of rotatable bonds is 8. The molecule has 1 amide bonds. The van der Waals surface area contributed by atoms with Crippen LogP contribution in [0.5, 0.6) is 0 Å². The van der Waals surface area contributed by atoms with Gasteiger partial charge in [0.2, 0.25) is 5.91 Å². The first-order valence-corrected chi connectivity index (χ1v) is 13.1. The number of nitrogens with two attached hydrogens (primary N) is 1. The first-order chi connectivity index (χ1) is 17.3. The van der Waals surface area contributed by atoms with Gasteiger partial charge in [0.1, 0.15) is 0 Å². The fraction of sp³-hybridized carbons (Fsp3) is 0.483. The van der Waals surface area contributed by atoms with Crippen molar-refractivity contribution < 1.29 is 9.59 Å². The van der Waals surface area contributed by atoms with Gasteiger partial charge in [0.25, 0.3) is 5.91 Å². The molecule has 0 bridgehead atoms. The topological polar surface area (TPSA) is 99.1 Å². The monoisotopic (exact) mass is 490 g/mol. The molecule has 3 atom stereocenters. The number of benzene rings is 2. The summed E-state index contributed by atoms with van der Waals surface area (Å²) in [5.74, 6) is 0.539. The Kier molecular flexibility index (Phi) is 8.09. The predicted octanol–water partition coefficient (Wildman–Crippen LogP) is 4.08. The van der Waals surface area contributed by atoms with Crippen LogP contribution in [0.3, 0.4) is 0 Å². The van der Waals surface area contributed by atoms with Crippen LogP contribution in [0, 0.1) is 23.7 Å². The molecule has 3 N–H and O–H groups in total. The number of aromatic nitrogens is 2. The van der Waals surface area contributed by atoms with Crippen LogP contribution in [-0.2, 0) is 13.0 Å². The third kappa shape index (κ3) is 5.31. The maximum Gasteiger partial charge on any atom is 0.336 e. The summed E-state index contributed by atoms with van der Waals surface area (Å²) in [7, 11) is 0. The van der Waals surface area contributed by atoms with Gasteiger partial charge < -0.3 is 11.1 Å². The SMILES string of the molecule is CC(C)[C@@H]1CC[C@@H](C)C[C@H]1C(=O)n1c(=O)n(CCN)c2cc(C(=O)NCCc3ccccc3)ccc21. The average Bonchev–Trinajstić information content (AvgIpc) is 3.14. The first-order valence-electron chi connectivity index (χ1n) is 13.1. The molecule has 7 nitrogen and oxygen atoms in total. The number of carbonyl (C=O) groups is 2. The molecule has 0 radical (unpaired) electrons. The van der Waals surface area contributed by atoms with Crippen LogP contribution in [0.4, 0.5) is 0 Å². The lowest BCUT2D eigenvalue weighted by Crippen LogP contribution is -2.40. The molecule has 3 aromatic rings. The summed E-state index contributed by atoms with van der Waals surface area (Å²) in [5.41, 5.74) is 8.16. The number of hydrogen-bond acceptors (Lipinski definition) is 4. The molecule has 1 heterocycles. The van der Waals surface area contributed by atoms with Gasteiger partial charge >= 0.3 is 5.69 Å². The highest BCUT2D eigenvalue weighted by Crippen LogP contribution is 2.39. The maximum absolute atomic E-state index is 13.8. The highest BCUT2D eigenvalue weighted by molar-refractivity contribution is 5.99. The molecule has 192 valence electrons. The van der Waals surface area contributed by atoms with Gasteiger partial charge in [-0.15, -0.1) is 0 Å². The largest absolute Gasteiger partial charge is 0.352 e. The first kappa shape index (κ1) is 25.9. The molecule has 1 aromatic heterocycles. The molecular formula is C29H38N4O3. The minimum Gasteiger partial charge on any atom is -0.352 e. The van der Waals surface area contributed by atoms with Gasteiger partial charge in [-0.25, -0.2) is 9.36 Å². The van der Waals surface area contributed by atoms with Crippen molar-refractivity contribution in [2.75, 3.05) is 13.1 Å². The zero-order chi connectivity index (χ0) is 25.8. The van der Waals surface area contributed by atoms with Gasteiger partial charge in [0.05, 0.1) is 11.0 Å². The van der Waals surface area contributed by atoms with E-state index in [1.54, 1.807) is 18.2 Å². The molecule has 0 saturated heterocycles. The lowest BCUT2D eigenvalue weighted by molar-refractivity contribution is 0.0633. The minimum absolute atomic E-state index is 0.133. The third-order valence-electron chi connectivity index (χ3n) is 7.65. The third-order valence-corrected chi connectivity index (χ3v) is 7.65.